The van der Waals surface area contributed by atoms with Crippen molar-refractivity contribution in [2.24, 2.45) is 0 Å². The predicted molar refractivity (Wildman–Crippen MR) is 98.7 cm³/mol. The number of hydrogen-bond acceptors (Lipinski definition) is 3. The molecule has 0 aliphatic heterocycles. The molecule has 119 valence electrons. The minimum Gasteiger partial charge on any atom is -0.508 e. The highest BCUT2D eigenvalue weighted by atomic mass is 32.1. The van der Waals surface area contributed by atoms with Crippen LogP contribution in [0.25, 0.3) is 12.2 Å². The standard InChI is InChI=1S/C20H16NO2S/c22-18-10-5-16(6-11-18)14-21-20(23)17-8-3-15(4-9-17)7-12-19-2-1-13-24-19/h1-14,22H,(H,21,23). The molecule has 0 saturated carbocycles. The van der Waals surface area contributed by atoms with Crippen LogP contribution in [0.1, 0.15) is 26.4 Å². The number of aromatic hydroxyl groups is 1. The summed E-state index contributed by atoms with van der Waals surface area (Å²) in [4.78, 5) is 13.3. The second-order valence-electron chi connectivity index (χ2n) is 5.18. The first-order valence-electron chi connectivity index (χ1n) is 7.45. The van der Waals surface area contributed by atoms with Crippen LogP contribution >= 0.6 is 11.3 Å². The quantitative estimate of drug-likeness (QED) is 0.718. The Bertz CT molecular complexity index is 819. The summed E-state index contributed by atoms with van der Waals surface area (Å²) in [6.07, 6.45) is 4.08. The predicted octanol–water partition coefficient (Wildman–Crippen LogP) is 4.56. The summed E-state index contributed by atoms with van der Waals surface area (Å²) in [7, 11) is 0. The van der Waals surface area contributed by atoms with Gasteiger partial charge in [-0.1, -0.05) is 36.4 Å². The molecule has 0 unspecified atom stereocenters. The third-order valence-corrected chi connectivity index (χ3v) is 4.26. The highest BCUT2D eigenvalue weighted by molar-refractivity contribution is 7.10. The molecule has 1 radical (unpaired) electrons. The SMILES string of the molecule is O=C(N[CH]c1ccc(O)cc1)c1ccc(C=Cc2cccs2)cc1. The van der Waals surface area contributed by atoms with E-state index in [4.69, 9.17) is 0 Å². The fraction of sp³-hybridized carbons (Fsp3) is 0. The number of carbonyl (C=O) groups is 1. The van der Waals surface area contributed by atoms with E-state index in [-0.39, 0.29) is 11.7 Å². The fourth-order valence-electron chi connectivity index (χ4n) is 2.11. The Morgan fingerprint density at radius 2 is 1.62 bits per heavy atom. The molecule has 0 aliphatic carbocycles. The Hall–Kier alpha value is -2.85. The normalized spacial score (nSPS) is 10.8. The minimum atomic E-state index is -0.170. The van der Waals surface area contributed by atoms with Crippen molar-refractivity contribution in [1.82, 2.24) is 5.32 Å². The number of benzene rings is 2. The molecule has 24 heavy (non-hydrogen) atoms. The third-order valence-electron chi connectivity index (χ3n) is 3.42. The molecule has 3 rings (SSSR count). The van der Waals surface area contributed by atoms with E-state index in [2.05, 4.69) is 17.5 Å². The number of thiophene rings is 1. The summed E-state index contributed by atoms with van der Waals surface area (Å²) >= 11 is 1.68. The number of phenols is 1. The van der Waals surface area contributed by atoms with E-state index in [9.17, 15) is 9.90 Å². The lowest BCUT2D eigenvalue weighted by molar-refractivity contribution is 0.0965. The van der Waals surface area contributed by atoms with Crippen molar-refractivity contribution in [1.29, 1.82) is 0 Å². The zero-order chi connectivity index (χ0) is 16.8. The van der Waals surface area contributed by atoms with E-state index >= 15 is 0 Å². The van der Waals surface area contributed by atoms with Crippen LogP contribution in [0.2, 0.25) is 0 Å². The first kappa shape index (κ1) is 16.0. The van der Waals surface area contributed by atoms with Gasteiger partial charge in [0.05, 0.1) is 6.54 Å². The molecule has 0 atom stereocenters. The first-order valence-corrected chi connectivity index (χ1v) is 8.33. The van der Waals surface area contributed by atoms with Crippen molar-refractivity contribution in [3.05, 3.63) is 94.2 Å². The van der Waals surface area contributed by atoms with E-state index in [0.29, 0.717) is 5.56 Å². The van der Waals surface area contributed by atoms with Crippen LogP contribution in [0.4, 0.5) is 0 Å². The Balaban J connectivity index is 1.58. The van der Waals surface area contributed by atoms with Crippen molar-refractivity contribution in [3.8, 4) is 5.75 Å². The molecule has 2 N–H and O–H groups in total. The average Bonchev–Trinajstić information content (AvgIpc) is 3.13. The lowest BCUT2D eigenvalue weighted by Crippen LogP contribution is -2.20. The molecule has 3 aromatic rings. The van der Waals surface area contributed by atoms with Crippen LogP contribution in [0.3, 0.4) is 0 Å². The molecule has 0 fully saturated rings. The number of phenolic OH excluding ortho intramolecular Hbond substituents is 1. The largest absolute Gasteiger partial charge is 0.508 e. The van der Waals surface area contributed by atoms with Crippen LogP contribution in [0, 0.1) is 6.54 Å². The molecule has 1 amide bonds. The zero-order valence-corrected chi connectivity index (χ0v) is 13.7. The van der Waals surface area contributed by atoms with Gasteiger partial charge in [-0.25, -0.2) is 0 Å². The highest BCUT2D eigenvalue weighted by Gasteiger charge is 2.05. The van der Waals surface area contributed by atoms with Gasteiger partial charge in [-0.15, -0.1) is 11.3 Å². The number of amides is 1. The van der Waals surface area contributed by atoms with E-state index in [0.717, 1.165) is 11.1 Å². The molecule has 2 aromatic carbocycles. The van der Waals surface area contributed by atoms with Gasteiger partial charge in [0, 0.05) is 10.4 Å². The number of carbonyl (C=O) groups excluding carboxylic acids is 1. The minimum absolute atomic E-state index is 0.170. The molecular formula is C20H16NO2S. The van der Waals surface area contributed by atoms with Gasteiger partial charge in [-0.2, -0.15) is 0 Å². The summed E-state index contributed by atoms with van der Waals surface area (Å²) < 4.78 is 0. The topological polar surface area (TPSA) is 49.3 Å². The van der Waals surface area contributed by atoms with E-state index in [1.54, 1.807) is 54.3 Å². The molecule has 0 saturated heterocycles. The molecular weight excluding hydrogens is 318 g/mol. The number of nitrogens with one attached hydrogen (secondary N) is 1. The van der Waals surface area contributed by atoms with Gasteiger partial charge in [0.1, 0.15) is 5.75 Å². The van der Waals surface area contributed by atoms with Gasteiger partial charge in [-0.3, -0.25) is 4.79 Å². The van der Waals surface area contributed by atoms with E-state index in [1.807, 2.05) is 29.7 Å². The molecule has 1 aromatic heterocycles. The molecule has 0 spiro atoms. The fourth-order valence-corrected chi connectivity index (χ4v) is 2.73. The van der Waals surface area contributed by atoms with Gasteiger partial charge in [0.2, 0.25) is 0 Å². The van der Waals surface area contributed by atoms with Crippen LogP contribution in [0.15, 0.2) is 66.0 Å². The van der Waals surface area contributed by atoms with Gasteiger partial charge >= 0.3 is 0 Å². The molecule has 0 aliphatic rings. The second-order valence-corrected chi connectivity index (χ2v) is 6.16. The number of hydrogen-bond donors (Lipinski definition) is 2. The van der Waals surface area contributed by atoms with Crippen LogP contribution in [-0.2, 0) is 0 Å². The maximum atomic E-state index is 12.1. The van der Waals surface area contributed by atoms with E-state index < -0.39 is 0 Å². The summed E-state index contributed by atoms with van der Waals surface area (Å²) in [5.41, 5.74) is 2.46. The van der Waals surface area contributed by atoms with Crippen LogP contribution in [-0.4, -0.2) is 11.0 Å². The number of rotatable bonds is 5. The van der Waals surface area contributed by atoms with Crippen molar-refractivity contribution in [2.45, 2.75) is 0 Å². The second kappa shape index (κ2) is 7.62. The maximum absolute atomic E-state index is 12.1. The molecule has 1 heterocycles. The van der Waals surface area contributed by atoms with Gasteiger partial charge in [0.25, 0.3) is 5.91 Å². The maximum Gasteiger partial charge on any atom is 0.251 e. The Morgan fingerprint density at radius 1 is 0.917 bits per heavy atom. The van der Waals surface area contributed by atoms with Gasteiger partial charge in [-0.05, 0) is 52.9 Å². The van der Waals surface area contributed by atoms with E-state index in [1.165, 1.54) is 4.88 Å². The van der Waals surface area contributed by atoms with Crippen molar-refractivity contribution < 1.29 is 9.90 Å². The average molecular weight is 334 g/mol. The van der Waals surface area contributed by atoms with Gasteiger partial charge in [0.15, 0.2) is 0 Å². The highest BCUT2D eigenvalue weighted by Crippen LogP contribution is 2.14. The zero-order valence-electron chi connectivity index (χ0n) is 12.8. The van der Waals surface area contributed by atoms with Gasteiger partial charge < -0.3 is 10.4 Å². The van der Waals surface area contributed by atoms with Crippen molar-refractivity contribution in [3.63, 3.8) is 0 Å². The third kappa shape index (κ3) is 4.33. The monoisotopic (exact) mass is 334 g/mol. The van der Waals surface area contributed by atoms with Crippen molar-refractivity contribution >= 4 is 29.4 Å². The Labute approximate surface area is 144 Å². The molecule has 3 nitrogen and oxygen atoms in total. The molecule has 4 heteroatoms. The van der Waals surface area contributed by atoms with Crippen molar-refractivity contribution in [2.75, 3.05) is 0 Å². The smallest absolute Gasteiger partial charge is 0.251 e. The van der Waals surface area contributed by atoms with Crippen LogP contribution in [0.5, 0.6) is 5.75 Å². The summed E-state index contributed by atoms with van der Waals surface area (Å²) in [5, 5.41) is 14.0. The lowest BCUT2D eigenvalue weighted by Gasteiger charge is -2.05. The summed E-state index contributed by atoms with van der Waals surface area (Å²) in [5.74, 6) is 0.0292. The summed E-state index contributed by atoms with van der Waals surface area (Å²) in [6, 6.07) is 18.1. The molecule has 0 bridgehead atoms. The lowest BCUT2D eigenvalue weighted by atomic mass is 10.1. The Kier molecular flexibility index (Phi) is 5.08. The summed E-state index contributed by atoms with van der Waals surface area (Å²) in [6.45, 7) is 1.62. The Morgan fingerprint density at radius 3 is 2.29 bits per heavy atom. The first-order chi connectivity index (χ1) is 11.7. The van der Waals surface area contributed by atoms with Crippen LogP contribution < -0.4 is 5.32 Å².